The second-order valence-electron chi connectivity index (χ2n) is 8.29. The van der Waals surface area contributed by atoms with Gasteiger partial charge >= 0.3 is 0 Å². The maximum absolute atomic E-state index is 13.9. The van der Waals surface area contributed by atoms with E-state index in [1.807, 2.05) is 30.3 Å². The summed E-state index contributed by atoms with van der Waals surface area (Å²) >= 11 is 12.8. The van der Waals surface area contributed by atoms with Crippen LogP contribution in [0, 0.1) is 5.82 Å². The van der Waals surface area contributed by atoms with Gasteiger partial charge in [0.15, 0.2) is 0 Å². The minimum Gasteiger partial charge on any atom is -0.357 e. The van der Waals surface area contributed by atoms with E-state index in [1.165, 1.54) is 30.1 Å². The molecular weight excluding hydrogens is 540 g/mol. The van der Waals surface area contributed by atoms with Gasteiger partial charge in [-0.3, -0.25) is 13.9 Å². The molecule has 1 atom stereocenters. The number of sulfonamides is 1. The van der Waals surface area contributed by atoms with Crippen molar-refractivity contribution in [2.75, 3.05) is 24.2 Å². The zero-order chi connectivity index (χ0) is 27.2. The Labute approximate surface area is 225 Å². The van der Waals surface area contributed by atoms with Crippen LogP contribution in [0.5, 0.6) is 0 Å². The highest BCUT2D eigenvalue weighted by atomic mass is 35.5. The number of anilines is 1. The molecule has 0 aromatic heterocycles. The van der Waals surface area contributed by atoms with E-state index in [0.29, 0.717) is 5.56 Å². The van der Waals surface area contributed by atoms with E-state index in [1.54, 1.807) is 18.2 Å². The van der Waals surface area contributed by atoms with Gasteiger partial charge in [-0.05, 0) is 35.9 Å². The Hall–Kier alpha value is -3.14. The molecule has 0 spiro atoms. The Bertz CT molecular complexity index is 1350. The van der Waals surface area contributed by atoms with E-state index in [9.17, 15) is 22.4 Å². The molecule has 0 saturated carbocycles. The molecule has 0 aliphatic rings. The van der Waals surface area contributed by atoms with Crippen LogP contribution in [0.3, 0.4) is 0 Å². The number of carbonyl (C=O) groups excluding carboxylic acids is 2. The summed E-state index contributed by atoms with van der Waals surface area (Å²) in [5.74, 6) is -1.82. The van der Waals surface area contributed by atoms with Crippen molar-refractivity contribution >= 4 is 50.7 Å². The molecule has 3 rings (SSSR count). The fourth-order valence-corrected chi connectivity index (χ4v) is 5.18. The molecule has 0 aliphatic heterocycles. The Balaban J connectivity index is 2.07. The molecule has 3 aromatic rings. The average molecular weight is 566 g/mol. The number of nitrogens with one attached hydrogen (secondary N) is 1. The van der Waals surface area contributed by atoms with Crippen LogP contribution in [-0.4, -0.2) is 51.0 Å². The summed E-state index contributed by atoms with van der Waals surface area (Å²) in [4.78, 5) is 28.1. The summed E-state index contributed by atoms with van der Waals surface area (Å²) < 4.78 is 40.0. The number of likely N-dealkylation sites (N-methyl/N-ethyl adjacent to an activating group) is 1. The van der Waals surface area contributed by atoms with E-state index in [4.69, 9.17) is 23.2 Å². The van der Waals surface area contributed by atoms with Crippen molar-refractivity contribution in [1.29, 1.82) is 0 Å². The minimum absolute atomic E-state index is 0.0221. The molecule has 0 aliphatic carbocycles. The Morgan fingerprint density at radius 2 is 1.59 bits per heavy atom. The molecule has 0 bridgehead atoms. The van der Waals surface area contributed by atoms with Gasteiger partial charge in [-0.1, -0.05) is 65.7 Å². The number of hydrogen-bond acceptors (Lipinski definition) is 4. The van der Waals surface area contributed by atoms with Gasteiger partial charge in [-0.2, -0.15) is 0 Å². The highest BCUT2D eigenvalue weighted by molar-refractivity contribution is 7.92. The lowest BCUT2D eigenvalue weighted by atomic mass is 10.0. The Morgan fingerprint density at radius 1 is 0.973 bits per heavy atom. The van der Waals surface area contributed by atoms with Gasteiger partial charge in [0.1, 0.15) is 18.4 Å². The van der Waals surface area contributed by atoms with Crippen LogP contribution in [0.1, 0.15) is 11.1 Å². The summed E-state index contributed by atoms with van der Waals surface area (Å²) in [6.07, 6.45) is 1.06. The molecule has 0 heterocycles. The molecule has 0 saturated heterocycles. The minimum atomic E-state index is -4.00. The third-order valence-corrected chi connectivity index (χ3v) is 7.53. The Morgan fingerprint density at radius 3 is 2.16 bits per heavy atom. The number of halogens is 3. The summed E-state index contributed by atoms with van der Waals surface area (Å²) in [6, 6.07) is 17.8. The SMILES string of the molecule is CNC(=O)C(Cc1ccccc1)N(Cc1c(Cl)cccc1Cl)C(=O)CN(c1cccc(F)c1)S(C)(=O)=O. The molecule has 1 unspecified atom stereocenters. The standard InChI is InChI=1S/C26H26Cl2FN3O4S/c1-30-26(34)24(14-18-8-4-3-5-9-18)31(16-21-22(27)12-7-13-23(21)28)25(33)17-32(37(2,35)36)20-11-6-10-19(29)15-20/h3-13,15,24H,14,16-17H2,1-2H3,(H,30,34). The predicted octanol–water partition coefficient (Wildman–Crippen LogP) is 4.28. The summed E-state index contributed by atoms with van der Waals surface area (Å²) in [6.45, 7) is -0.838. The fraction of sp³-hybridized carbons (Fsp3) is 0.231. The van der Waals surface area contributed by atoms with Crippen LogP contribution in [-0.2, 0) is 32.6 Å². The van der Waals surface area contributed by atoms with Crippen molar-refractivity contribution in [3.63, 3.8) is 0 Å². The molecule has 7 nitrogen and oxygen atoms in total. The fourth-order valence-electron chi connectivity index (χ4n) is 3.82. The number of nitrogens with zero attached hydrogens (tertiary/aromatic N) is 2. The largest absolute Gasteiger partial charge is 0.357 e. The molecule has 196 valence electrons. The van der Waals surface area contributed by atoms with Gasteiger partial charge in [0.05, 0.1) is 11.9 Å². The van der Waals surface area contributed by atoms with Crippen LogP contribution in [0.15, 0.2) is 72.8 Å². The van der Waals surface area contributed by atoms with Crippen molar-refractivity contribution in [1.82, 2.24) is 10.2 Å². The Kier molecular flexibility index (Phi) is 9.53. The molecule has 0 fully saturated rings. The maximum atomic E-state index is 13.9. The van der Waals surface area contributed by atoms with E-state index in [0.717, 1.165) is 22.2 Å². The molecule has 37 heavy (non-hydrogen) atoms. The third-order valence-electron chi connectivity index (χ3n) is 5.68. The lowest BCUT2D eigenvalue weighted by molar-refractivity contribution is -0.139. The van der Waals surface area contributed by atoms with Crippen molar-refractivity contribution in [3.8, 4) is 0 Å². The number of amides is 2. The van der Waals surface area contributed by atoms with Crippen LogP contribution in [0.25, 0.3) is 0 Å². The van der Waals surface area contributed by atoms with Crippen molar-refractivity contribution in [2.45, 2.75) is 19.0 Å². The second kappa shape index (κ2) is 12.4. The van der Waals surface area contributed by atoms with Crippen molar-refractivity contribution in [2.24, 2.45) is 0 Å². The van der Waals surface area contributed by atoms with Crippen molar-refractivity contribution in [3.05, 3.63) is 99.8 Å². The van der Waals surface area contributed by atoms with Crippen LogP contribution >= 0.6 is 23.2 Å². The second-order valence-corrected chi connectivity index (χ2v) is 11.0. The maximum Gasteiger partial charge on any atom is 0.244 e. The first-order valence-corrected chi connectivity index (χ1v) is 13.8. The van der Waals surface area contributed by atoms with Gasteiger partial charge in [0.25, 0.3) is 0 Å². The summed E-state index contributed by atoms with van der Waals surface area (Å²) in [7, 11) is -2.55. The predicted molar refractivity (Wildman–Crippen MR) is 144 cm³/mol. The van der Waals surface area contributed by atoms with Gasteiger partial charge in [0.2, 0.25) is 21.8 Å². The van der Waals surface area contributed by atoms with Gasteiger partial charge in [-0.15, -0.1) is 0 Å². The van der Waals surface area contributed by atoms with E-state index < -0.39 is 40.2 Å². The lowest BCUT2D eigenvalue weighted by Crippen LogP contribution is -2.53. The van der Waals surface area contributed by atoms with E-state index in [2.05, 4.69) is 5.32 Å². The molecule has 3 aromatic carbocycles. The number of carbonyl (C=O) groups is 2. The molecule has 11 heteroatoms. The van der Waals surface area contributed by atoms with Crippen LogP contribution < -0.4 is 9.62 Å². The zero-order valence-electron chi connectivity index (χ0n) is 20.2. The smallest absolute Gasteiger partial charge is 0.244 e. The summed E-state index contributed by atoms with van der Waals surface area (Å²) in [5.41, 5.74) is 1.16. The third kappa shape index (κ3) is 7.44. The number of hydrogen-bond donors (Lipinski definition) is 1. The molecular formula is C26H26Cl2FN3O4S. The number of rotatable bonds is 10. The highest BCUT2D eigenvalue weighted by Gasteiger charge is 2.33. The molecule has 1 N–H and O–H groups in total. The first-order chi connectivity index (χ1) is 17.5. The monoisotopic (exact) mass is 565 g/mol. The van der Waals surface area contributed by atoms with Gasteiger partial charge in [0, 0.05) is 35.6 Å². The normalized spacial score (nSPS) is 12.0. The topological polar surface area (TPSA) is 86.8 Å². The van der Waals surface area contributed by atoms with E-state index >= 15 is 0 Å². The van der Waals surface area contributed by atoms with E-state index in [-0.39, 0.29) is 28.7 Å². The molecule has 2 amide bonds. The number of benzene rings is 3. The van der Waals surface area contributed by atoms with Crippen LogP contribution in [0.4, 0.5) is 10.1 Å². The van der Waals surface area contributed by atoms with Gasteiger partial charge < -0.3 is 10.2 Å². The summed E-state index contributed by atoms with van der Waals surface area (Å²) in [5, 5.41) is 3.14. The highest BCUT2D eigenvalue weighted by Crippen LogP contribution is 2.28. The van der Waals surface area contributed by atoms with Gasteiger partial charge in [-0.25, -0.2) is 12.8 Å². The quantitative estimate of drug-likeness (QED) is 0.397. The first kappa shape index (κ1) is 28.4. The lowest BCUT2D eigenvalue weighted by Gasteiger charge is -2.33. The average Bonchev–Trinajstić information content (AvgIpc) is 2.85. The van der Waals surface area contributed by atoms with Crippen LogP contribution in [0.2, 0.25) is 10.0 Å². The zero-order valence-corrected chi connectivity index (χ0v) is 22.5. The first-order valence-electron chi connectivity index (χ1n) is 11.2. The van der Waals surface area contributed by atoms with Crippen molar-refractivity contribution < 1.29 is 22.4 Å². The molecule has 0 radical (unpaired) electrons.